The summed E-state index contributed by atoms with van der Waals surface area (Å²) in [5, 5.41) is 7.75. The van der Waals surface area contributed by atoms with E-state index in [2.05, 4.69) is 26.9 Å². The number of hydrogen-bond donors (Lipinski definition) is 2. The van der Waals surface area contributed by atoms with Crippen LogP contribution in [0.2, 0.25) is 0 Å². The molecule has 0 unspecified atom stereocenters. The van der Waals surface area contributed by atoms with Crippen LogP contribution in [0.15, 0.2) is 58.5 Å². The van der Waals surface area contributed by atoms with Gasteiger partial charge in [-0.1, -0.05) is 23.8 Å². The van der Waals surface area contributed by atoms with E-state index in [4.69, 9.17) is 0 Å². The molecule has 29 heavy (non-hydrogen) atoms. The van der Waals surface area contributed by atoms with Crippen molar-refractivity contribution in [2.75, 3.05) is 11.1 Å². The molecule has 0 saturated carbocycles. The van der Waals surface area contributed by atoms with Crippen LogP contribution in [-0.4, -0.2) is 28.8 Å². The average molecular weight is 407 g/mol. The van der Waals surface area contributed by atoms with E-state index in [-0.39, 0.29) is 17.6 Å². The summed E-state index contributed by atoms with van der Waals surface area (Å²) in [4.78, 5) is 28.8. The molecule has 1 heterocycles. The first-order chi connectivity index (χ1) is 13.9. The maximum atomic E-state index is 12.2. The lowest BCUT2D eigenvalue weighted by atomic mass is 10.1. The molecule has 0 aliphatic rings. The van der Waals surface area contributed by atoms with Crippen LogP contribution in [0.5, 0.6) is 0 Å². The van der Waals surface area contributed by atoms with Crippen molar-refractivity contribution in [1.29, 1.82) is 0 Å². The van der Waals surface area contributed by atoms with E-state index in [9.17, 15) is 9.59 Å². The second kappa shape index (κ2) is 9.34. The Kier molecular flexibility index (Phi) is 6.61. The predicted octanol–water partition coefficient (Wildman–Crippen LogP) is 4.05. The molecule has 0 fully saturated rings. The van der Waals surface area contributed by atoms with Gasteiger partial charge < -0.3 is 5.32 Å². The van der Waals surface area contributed by atoms with Crippen molar-refractivity contribution in [2.24, 2.45) is 5.10 Å². The van der Waals surface area contributed by atoms with Crippen LogP contribution < -0.4 is 10.7 Å². The lowest BCUT2D eigenvalue weighted by Crippen LogP contribution is -2.19. The second-order valence-electron chi connectivity index (χ2n) is 6.67. The number of aryl methyl sites for hydroxylation is 2. The van der Waals surface area contributed by atoms with Crippen LogP contribution in [-0.2, 0) is 9.59 Å². The number of nitrogens with one attached hydrogen (secondary N) is 2. The average Bonchev–Trinajstić information content (AvgIpc) is 2.67. The summed E-state index contributed by atoms with van der Waals surface area (Å²) in [6.45, 7) is 5.45. The zero-order valence-electron chi connectivity index (χ0n) is 16.5. The SMILES string of the molecule is CC(=O)Nc1ccc(C=NNC(=O)CSc2cc(C)nc3ccc(C)cc23)cc1. The monoisotopic (exact) mass is 406 g/mol. The maximum Gasteiger partial charge on any atom is 0.250 e. The van der Waals surface area contributed by atoms with Crippen LogP contribution in [0.3, 0.4) is 0 Å². The number of nitrogens with zero attached hydrogens (tertiary/aromatic N) is 2. The van der Waals surface area contributed by atoms with Crippen molar-refractivity contribution in [3.05, 3.63) is 65.4 Å². The van der Waals surface area contributed by atoms with Gasteiger partial charge in [-0.25, -0.2) is 5.43 Å². The summed E-state index contributed by atoms with van der Waals surface area (Å²) < 4.78 is 0. The van der Waals surface area contributed by atoms with Crippen LogP contribution in [0.1, 0.15) is 23.7 Å². The number of thioether (sulfide) groups is 1. The summed E-state index contributed by atoms with van der Waals surface area (Å²) in [7, 11) is 0. The van der Waals surface area contributed by atoms with Crippen molar-refractivity contribution in [2.45, 2.75) is 25.7 Å². The molecule has 6 nitrogen and oxygen atoms in total. The van der Waals surface area contributed by atoms with Crippen molar-refractivity contribution in [1.82, 2.24) is 10.4 Å². The van der Waals surface area contributed by atoms with Crippen LogP contribution in [0.4, 0.5) is 5.69 Å². The Morgan fingerprint density at radius 1 is 1.10 bits per heavy atom. The Hall–Kier alpha value is -3.19. The lowest BCUT2D eigenvalue weighted by Gasteiger charge is -2.08. The first-order valence-corrected chi connectivity index (χ1v) is 10.1. The van der Waals surface area contributed by atoms with Gasteiger partial charge in [0.25, 0.3) is 0 Å². The van der Waals surface area contributed by atoms with E-state index in [1.54, 1.807) is 18.3 Å². The fourth-order valence-electron chi connectivity index (χ4n) is 2.76. The van der Waals surface area contributed by atoms with E-state index in [1.165, 1.54) is 18.7 Å². The summed E-state index contributed by atoms with van der Waals surface area (Å²) in [5.74, 6) is -0.0504. The summed E-state index contributed by atoms with van der Waals surface area (Å²) in [5.41, 5.74) is 7.08. The third-order valence-electron chi connectivity index (χ3n) is 4.05. The van der Waals surface area contributed by atoms with Gasteiger partial charge >= 0.3 is 0 Å². The Morgan fingerprint density at radius 2 is 1.86 bits per heavy atom. The number of aromatic nitrogens is 1. The number of pyridine rings is 1. The molecule has 7 heteroatoms. The number of amides is 2. The quantitative estimate of drug-likeness (QED) is 0.367. The molecule has 1 aromatic heterocycles. The zero-order valence-corrected chi connectivity index (χ0v) is 17.3. The van der Waals surface area contributed by atoms with Gasteiger partial charge in [0, 0.05) is 28.6 Å². The molecule has 2 aromatic carbocycles. The topological polar surface area (TPSA) is 83.5 Å². The molecule has 0 saturated heterocycles. The number of fused-ring (bicyclic) bond motifs is 1. The van der Waals surface area contributed by atoms with Gasteiger partial charge in [0.1, 0.15) is 0 Å². The zero-order chi connectivity index (χ0) is 20.8. The van der Waals surface area contributed by atoms with E-state index >= 15 is 0 Å². The van der Waals surface area contributed by atoms with Gasteiger partial charge in [-0.15, -0.1) is 11.8 Å². The number of rotatable bonds is 6. The largest absolute Gasteiger partial charge is 0.326 e. The maximum absolute atomic E-state index is 12.2. The summed E-state index contributed by atoms with van der Waals surface area (Å²) in [6.07, 6.45) is 1.56. The van der Waals surface area contributed by atoms with Gasteiger partial charge in [0.05, 0.1) is 17.5 Å². The molecular formula is C22H22N4O2S. The van der Waals surface area contributed by atoms with E-state index in [1.807, 2.05) is 44.2 Å². The highest BCUT2D eigenvalue weighted by molar-refractivity contribution is 8.00. The Labute approximate surface area is 173 Å². The molecule has 0 radical (unpaired) electrons. The first kappa shape index (κ1) is 20.5. The first-order valence-electron chi connectivity index (χ1n) is 9.11. The minimum absolute atomic E-state index is 0.122. The van der Waals surface area contributed by atoms with Gasteiger partial charge in [0.15, 0.2) is 0 Å². The van der Waals surface area contributed by atoms with Crippen LogP contribution in [0, 0.1) is 13.8 Å². The third kappa shape index (κ3) is 5.89. The number of hydrogen-bond acceptors (Lipinski definition) is 5. The molecule has 148 valence electrons. The number of carbonyl (C=O) groups is 2. The number of benzene rings is 2. The third-order valence-corrected chi connectivity index (χ3v) is 5.10. The summed E-state index contributed by atoms with van der Waals surface area (Å²) in [6, 6.07) is 15.3. The number of carbonyl (C=O) groups excluding carboxylic acids is 2. The van der Waals surface area contributed by atoms with E-state index < -0.39 is 0 Å². The van der Waals surface area contributed by atoms with E-state index in [0.29, 0.717) is 5.69 Å². The van der Waals surface area contributed by atoms with Crippen molar-refractivity contribution < 1.29 is 9.59 Å². The van der Waals surface area contributed by atoms with Crippen molar-refractivity contribution >= 4 is 46.4 Å². The highest BCUT2D eigenvalue weighted by atomic mass is 32.2. The van der Waals surface area contributed by atoms with Gasteiger partial charge in [-0.05, 0) is 49.7 Å². The Morgan fingerprint density at radius 3 is 2.59 bits per heavy atom. The van der Waals surface area contributed by atoms with Gasteiger partial charge in [0.2, 0.25) is 11.8 Å². The molecule has 0 aliphatic carbocycles. The standard InChI is InChI=1S/C22H22N4O2S/c1-14-4-9-20-19(10-14)21(11-15(2)24-20)29-13-22(28)26-23-12-17-5-7-18(8-6-17)25-16(3)27/h4-12H,13H2,1-3H3,(H,25,27)(H,26,28). The van der Waals surface area contributed by atoms with Gasteiger partial charge in [-0.3, -0.25) is 14.6 Å². The lowest BCUT2D eigenvalue weighted by molar-refractivity contribution is -0.118. The Balaban J connectivity index is 1.58. The highest BCUT2D eigenvalue weighted by Crippen LogP contribution is 2.28. The minimum atomic E-state index is -0.184. The number of hydrazone groups is 1. The summed E-state index contributed by atoms with van der Waals surface area (Å²) >= 11 is 1.47. The van der Waals surface area contributed by atoms with E-state index in [0.717, 1.165) is 32.6 Å². The highest BCUT2D eigenvalue weighted by Gasteiger charge is 2.08. The molecule has 0 bridgehead atoms. The van der Waals surface area contributed by atoms with Crippen molar-refractivity contribution in [3.8, 4) is 0 Å². The van der Waals surface area contributed by atoms with Crippen LogP contribution in [0.25, 0.3) is 10.9 Å². The molecule has 0 spiro atoms. The van der Waals surface area contributed by atoms with Gasteiger partial charge in [-0.2, -0.15) is 5.10 Å². The van der Waals surface area contributed by atoms with Crippen LogP contribution >= 0.6 is 11.8 Å². The molecule has 2 N–H and O–H groups in total. The fourth-order valence-corrected chi connectivity index (χ4v) is 3.69. The van der Waals surface area contributed by atoms with Crippen molar-refractivity contribution in [3.63, 3.8) is 0 Å². The minimum Gasteiger partial charge on any atom is -0.326 e. The molecule has 0 aliphatic heterocycles. The Bertz CT molecular complexity index is 1080. The molecule has 2 amide bonds. The molecule has 3 aromatic rings. The normalized spacial score (nSPS) is 11.0. The molecular weight excluding hydrogens is 384 g/mol. The fraction of sp³-hybridized carbons (Fsp3) is 0.182. The number of anilines is 1. The smallest absolute Gasteiger partial charge is 0.250 e. The second-order valence-corrected chi connectivity index (χ2v) is 7.68. The predicted molar refractivity (Wildman–Crippen MR) is 118 cm³/mol. The molecule has 3 rings (SSSR count). The molecule has 0 atom stereocenters.